The lowest BCUT2D eigenvalue weighted by Crippen LogP contribution is -2.59. The van der Waals surface area contributed by atoms with Crippen LogP contribution in [-0.4, -0.2) is 203 Å². The minimum atomic E-state index is -1.18. The van der Waals surface area contributed by atoms with Gasteiger partial charge >= 0.3 is 5.97 Å². The summed E-state index contributed by atoms with van der Waals surface area (Å²) in [5, 5.41) is 15.2. The standard InChI is InChI=1S/C58H93N11O13S/c1-34(2)49(63-55(76)50(35(3)4)66(7)25-17-22-47(72)65-64-46(71)21-12-11-15-27-69-48(73)31-45(56(69)77)83-33-40(59)58(79)80)57(78)67(8)51(44(81-9)24-29-70)36(5)23-28-68-26-16-20-43(68)52(82-10)37(6)54(75)62-42(53(60)74)30-38-32-61-41-19-14-13-18-39(38)41/h13-14,18-19,29,32,34-37,40,42-45,49-52,61H,11-12,15-17,20-28,30-31,33,59H2,1-10H3,(H2,60,74)(H,62,75)(H,63,76)(H,64,71)(H,65,72)(H,79,80)/t36-,37+,40-,42-,43-,44+,45?,49-,50-,51-,52+/m0/s1. The van der Waals surface area contributed by atoms with Crippen LogP contribution in [0.3, 0.4) is 0 Å². The van der Waals surface area contributed by atoms with E-state index < -0.39 is 77.3 Å². The van der Waals surface area contributed by atoms with Crippen molar-refractivity contribution >= 4 is 82.2 Å². The molecule has 1 aromatic carbocycles. The average molecular weight is 1180 g/mol. The summed E-state index contributed by atoms with van der Waals surface area (Å²) in [6, 6.07) is 3.30. The van der Waals surface area contributed by atoms with E-state index in [1.54, 1.807) is 33.0 Å². The van der Waals surface area contributed by atoms with Gasteiger partial charge < -0.3 is 51.4 Å². The van der Waals surface area contributed by atoms with Crippen LogP contribution in [-0.2, 0) is 63.8 Å². The van der Waals surface area contributed by atoms with Gasteiger partial charge in [0.25, 0.3) is 0 Å². The van der Waals surface area contributed by atoms with E-state index in [0.717, 1.165) is 58.8 Å². The molecule has 2 aliphatic rings. The Morgan fingerprint density at radius 2 is 1.57 bits per heavy atom. The SMILES string of the molecule is CO[C@H]([C@@H](C)C(=O)N[C@@H](Cc1c[nH]c2ccccc12)C(N)=O)[C@@H]1CCCN1CC[C@H](C)[C@@H]([C@@H](CC=O)OC)N(C)C(=O)[C@@H](NC(=O)[C@H](C(C)C)N(C)CCCC(=O)NNC(=O)CCCCCN1C(=O)CC(SC[C@H](N)C(=O)O)C1=O)C(C)C. The van der Waals surface area contributed by atoms with Gasteiger partial charge in [-0.15, -0.1) is 11.8 Å². The number of thioether (sulfide) groups is 1. The van der Waals surface area contributed by atoms with Gasteiger partial charge in [-0.1, -0.05) is 66.2 Å². The number of carboxylic acids is 1. The Bertz CT molecular complexity index is 2510. The average Bonchev–Trinajstić information content (AvgIpc) is 4.25. The summed E-state index contributed by atoms with van der Waals surface area (Å²) in [7, 11) is 6.53. The third-order valence-electron chi connectivity index (χ3n) is 16.1. The third kappa shape index (κ3) is 20.1. The van der Waals surface area contributed by atoms with E-state index in [0.29, 0.717) is 45.2 Å². The van der Waals surface area contributed by atoms with Gasteiger partial charge in [0.2, 0.25) is 47.3 Å². The number of fused-ring (bicyclic) bond motifs is 1. The molecule has 83 heavy (non-hydrogen) atoms. The van der Waals surface area contributed by atoms with Gasteiger partial charge in [0.15, 0.2) is 0 Å². The largest absolute Gasteiger partial charge is 0.480 e. The van der Waals surface area contributed by atoms with E-state index in [2.05, 4.69) is 31.4 Å². The van der Waals surface area contributed by atoms with Crippen LogP contribution in [0.2, 0.25) is 0 Å². The first kappa shape index (κ1) is 69.5. The number of rotatable bonds is 37. The number of H-pyrrole nitrogens is 1. The van der Waals surface area contributed by atoms with E-state index >= 15 is 0 Å². The molecule has 0 bridgehead atoms. The zero-order chi connectivity index (χ0) is 61.7. The summed E-state index contributed by atoms with van der Waals surface area (Å²) < 4.78 is 12.0. The monoisotopic (exact) mass is 1180 g/mol. The number of carbonyl (C=O) groups excluding carboxylic acids is 9. The lowest BCUT2D eigenvalue weighted by Gasteiger charge is -2.41. The number of aromatic nitrogens is 1. The summed E-state index contributed by atoms with van der Waals surface area (Å²) >= 11 is 1.05. The number of imide groups is 1. The van der Waals surface area contributed by atoms with Crippen LogP contribution >= 0.6 is 11.8 Å². The molecule has 0 radical (unpaired) electrons. The molecule has 2 aromatic rings. The topological polar surface area (TPSA) is 338 Å². The molecule has 2 fully saturated rings. The van der Waals surface area contributed by atoms with Crippen molar-refractivity contribution in [1.82, 2.24) is 46.1 Å². The van der Waals surface area contributed by atoms with Crippen LogP contribution in [0.25, 0.3) is 10.9 Å². The first-order chi connectivity index (χ1) is 39.4. The Labute approximate surface area is 492 Å². The molecule has 0 aliphatic carbocycles. The number of nitrogens with two attached hydrogens (primary N) is 2. The van der Waals surface area contributed by atoms with Crippen molar-refractivity contribution in [3.05, 3.63) is 36.0 Å². The highest BCUT2D eigenvalue weighted by molar-refractivity contribution is 8.00. The van der Waals surface area contributed by atoms with Gasteiger partial charge in [0.1, 0.15) is 24.4 Å². The normalized spacial score (nSPS) is 19.0. The number of hydrogen-bond acceptors (Lipinski definition) is 16. The number of nitrogens with zero attached hydrogens (tertiary/aromatic N) is 4. The highest BCUT2D eigenvalue weighted by atomic mass is 32.2. The van der Waals surface area contributed by atoms with Crippen molar-refractivity contribution in [3.63, 3.8) is 0 Å². The van der Waals surface area contributed by atoms with Gasteiger partial charge in [0, 0.05) is 88.8 Å². The van der Waals surface area contributed by atoms with Gasteiger partial charge in [0.05, 0.1) is 35.5 Å². The van der Waals surface area contributed by atoms with Crippen LogP contribution in [0, 0.1) is 23.7 Å². The molecule has 1 unspecified atom stereocenters. The van der Waals surface area contributed by atoms with Crippen molar-refractivity contribution < 1.29 is 62.5 Å². The molecule has 0 spiro atoms. The fourth-order valence-corrected chi connectivity index (χ4v) is 12.6. The van der Waals surface area contributed by atoms with E-state index in [-0.39, 0.29) is 97.7 Å². The molecule has 8 amide bonds. The molecule has 4 rings (SSSR count). The second kappa shape index (κ2) is 34.1. The number of aromatic amines is 1. The molecule has 0 saturated carbocycles. The number of hydrogen-bond donors (Lipinski definition) is 8. The van der Waals surface area contributed by atoms with Crippen LogP contribution < -0.4 is 33.0 Å². The number of methoxy groups -OCH3 is 2. The van der Waals surface area contributed by atoms with E-state index in [1.165, 1.54) is 7.11 Å². The highest BCUT2D eigenvalue weighted by Crippen LogP contribution is 2.31. The number of aliphatic carboxylic acids is 1. The van der Waals surface area contributed by atoms with Gasteiger partial charge in [-0.05, 0) is 94.6 Å². The number of para-hydroxylation sites is 1. The van der Waals surface area contributed by atoms with E-state index in [4.69, 9.17) is 26.0 Å². The molecule has 10 N–H and O–H groups in total. The number of aldehydes is 1. The predicted octanol–water partition coefficient (Wildman–Crippen LogP) is 2.11. The lowest BCUT2D eigenvalue weighted by atomic mass is 9.89. The van der Waals surface area contributed by atoms with Gasteiger partial charge in [-0.2, -0.15) is 0 Å². The fraction of sp³-hybridized carbons (Fsp3) is 0.690. The quantitative estimate of drug-likeness (QED) is 0.0208. The second-order valence-electron chi connectivity index (χ2n) is 22.9. The molecule has 25 heteroatoms. The van der Waals surface area contributed by atoms with E-state index in [1.807, 2.05) is 70.0 Å². The number of likely N-dealkylation sites (tertiary alicyclic amines) is 2. The van der Waals surface area contributed by atoms with Crippen LogP contribution in [0.1, 0.15) is 118 Å². The number of benzene rings is 1. The molecule has 3 heterocycles. The van der Waals surface area contributed by atoms with Crippen molar-refractivity contribution in [3.8, 4) is 0 Å². The number of primary amides is 1. The lowest BCUT2D eigenvalue weighted by molar-refractivity contribution is -0.144. The minimum absolute atomic E-state index is 0.00824. The fourth-order valence-electron chi connectivity index (χ4n) is 11.5. The molecule has 1 aromatic heterocycles. The number of ether oxygens (including phenoxy) is 2. The molecule has 24 nitrogen and oxygen atoms in total. The minimum Gasteiger partial charge on any atom is -0.480 e. The van der Waals surface area contributed by atoms with E-state index in [9.17, 15) is 47.9 Å². The Hall–Kier alpha value is -5.99. The van der Waals surface area contributed by atoms with Crippen molar-refractivity contribution in [2.75, 3.05) is 60.2 Å². The van der Waals surface area contributed by atoms with Crippen molar-refractivity contribution in [2.45, 2.75) is 172 Å². The molecule has 11 atom stereocenters. The Balaban J connectivity index is 1.28. The van der Waals surface area contributed by atoms with Crippen LogP contribution in [0.15, 0.2) is 30.5 Å². The number of likely N-dealkylation sites (N-methyl/N-ethyl adjacent to an activating group) is 2. The molecule has 2 aliphatic heterocycles. The predicted molar refractivity (Wildman–Crippen MR) is 315 cm³/mol. The number of carbonyl (C=O) groups is 10. The molecular formula is C58H93N11O13S. The smallest absolute Gasteiger partial charge is 0.321 e. The highest BCUT2D eigenvalue weighted by Gasteiger charge is 2.42. The molecular weight excluding hydrogens is 1090 g/mol. The number of hydrazine groups is 1. The van der Waals surface area contributed by atoms with Crippen molar-refractivity contribution in [1.29, 1.82) is 0 Å². The van der Waals surface area contributed by atoms with Gasteiger partial charge in [-0.25, -0.2) is 0 Å². The number of unbranched alkanes of at least 4 members (excludes halogenated alkanes) is 2. The third-order valence-corrected chi connectivity index (χ3v) is 17.5. The summed E-state index contributed by atoms with van der Waals surface area (Å²) in [5.41, 5.74) is 18.0. The zero-order valence-electron chi connectivity index (χ0n) is 50.2. The zero-order valence-corrected chi connectivity index (χ0v) is 51.0. The Morgan fingerprint density at radius 1 is 0.892 bits per heavy atom. The summed E-state index contributed by atoms with van der Waals surface area (Å²) in [6.07, 6.45) is 5.80. The summed E-state index contributed by atoms with van der Waals surface area (Å²) in [6.45, 7) is 13.1. The van der Waals surface area contributed by atoms with Gasteiger partial charge in [-0.3, -0.25) is 68.7 Å². The number of amides is 8. The van der Waals surface area contributed by atoms with Crippen molar-refractivity contribution in [2.24, 2.45) is 35.1 Å². The number of carboxylic acid groups (broad SMARTS) is 1. The Kier molecular flexibility index (Phi) is 28.5. The maximum absolute atomic E-state index is 14.7. The van der Waals surface area contributed by atoms with Crippen LogP contribution in [0.5, 0.6) is 0 Å². The Morgan fingerprint density at radius 3 is 2.18 bits per heavy atom. The summed E-state index contributed by atoms with van der Waals surface area (Å²) in [4.78, 5) is 139. The molecule has 464 valence electrons. The maximum atomic E-state index is 14.7. The first-order valence-electron chi connectivity index (χ1n) is 29.0. The first-order valence-corrected chi connectivity index (χ1v) is 30.1. The second-order valence-corrected chi connectivity index (χ2v) is 24.1. The molecule has 2 saturated heterocycles. The number of nitrogens with one attached hydrogen (secondary N) is 5. The maximum Gasteiger partial charge on any atom is 0.321 e. The van der Waals surface area contributed by atoms with Crippen LogP contribution in [0.4, 0.5) is 0 Å². The summed E-state index contributed by atoms with van der Waals surface area (Å²) in [5.74, 6) is -5.80.